The maximum Gasteiger partial charge on any atom is 0.373 e. The molecule has 3 N–H and O–H groups in total. The Kier molecular flexibility index (Phi) is 6.29. The molecular weight excluding hydrogens is 308 g/mol. The molecule has 1 aliphatic rings. The number of nitrogens with zero attached hydrogens (tertiary/aromatic N) is 1. The molecule has 0 saturated heterocycles. The first-order valence-corrected chi connectivity index (χ1v) is 8.01. The van der Waals surface area contributed by atoms with Crippen LogP contribution in [0.5, 0.6) is 5.75 Å². The molecule has 1 aromatic heterocycles. The van der Waals surface area contributed by atoms with Crippen molar-refractivity contribution in [2.24, 2.45) is 5.92 Å². The summed E-state index contributed by atoms with van der Waals surface area (Å²) < 4.78 is 6.18. The average Bonchev–Trinajstić information content (AvgIpc) is 2.56. The monoisotopic (exact) mass is 330 g/mol. The zero-order valence-corrected chi connectivity index (χ0v) is 13.7. The van der Waals surface area contributed by atoms with Crippen molar-refractivity contribution in [3.63, 3.8) is 0 Å². The number of carbonyl (C=O) groups excluding carboxylic acids is 2. The van der Waals surface area contributed by atoms with Crippen molar-refractivity contribution in [3.05, 3.63) is 30.0 Å². The minimum atomic E-state index is 0.208. The average molecular weight is 330 g/mol. The van der Waals surface area contributed by atoms with E-state index in [4.69, 9.17) is 20.1 Å². The van der Waals surface area contributed by atoms with E-state index in [0.29, 0.717) is 5.92 Å². The summed E-state index contributed by atoms with van der Waals surface area (Å²) in [6.07, 6.45) is 4.48. The predicted octanol–water partition coefficient (Wildman–Crippen LogP) is 2.47. The summed E-state index contributed by atoms with van der Waals surface area (Å²) in [5.74, 6) is 1.26. The fourth-order valence-corrected chi connectivity index (χ4v) is 3.13. The van der Waals surface area contributed by atoms with Gasteiger partial charge in [0.15, 0.2) is 0 Å². The Morgan fingerprint density at radius 3 is 2.58 bits per heavy atom. The molecule has 3 rings (SSSR count). The van der Waals surface area contributed by atoms with Gasteiger partial charge in [-0.05, 0) is 56.7 Å². The molecule has 1 fully saturated rings. The summed E-state index contributed by atoms with van der Waals surface area (Å²) in [7, 11) is 0. The zero-order valence-electron chi connectivity index (χ0n) is 13.7. The number of fused-ring (bicyclic) bond motifs is 1. The number of nitrogen functional groups attached to an aromatic ring is 1. The van der Waals surface area contributed by atoms with Gasteiger partial charge in [-0.25, -0.2) is 0 Å². The van der Waals surface area contributed by atoms with E-state index in [1.165, 1.54) is 0 Å². The van der Waals surface area contributed by atoms with Crippen LogP contribution in [0.4, 0.5) is 5.69 Å². The van der Waals surface area contributed by atoms with Gasteiger partial charge in [0.1, 0.15) is 5.75 Å². The van der Waals surface area contributed by atoms with Crippen LogP contribution >= 0.6 is 0 Å². The number of benzene rings is 1. The summed E-state index contributed by atoms with van der Waals surface area (Å²) in [6.45, 7) is 2.23. The summed E-state index contributed by atoms with van der Waals surface area (Å²) >= 11 is 0. The van der Waals surface area contributed by atoms with Crippen molar-refractivity contribution in [2.75, 3.05) is 12.3 Å². The molecule has 1 aromatic carbocycles. The van der Waals surface area contributed by atoms with Crippen LogP contribution in [0.1, 0.15) is 31.4 Å². The van der Waals surface area contributed by atoms with Gasteiger partial charge >= 0.3 is 6.15 Å². The quantitative estimate of drug-likeness (QED) is 0.896. The molecule has 0 bridgehead atoms. The van der Waals surface area contributed by atoms with Gasteiger partial charge < -0.3 is 15.6 Å². The SMILES string of the molecule is Cc1cc(N)c2c(OC3CCC(CO)CC3)cccc2n1.O=C=O. The van der Waals surface area contributed by atoms with Crippen LogP contribution in [0.15, 0.2) is 24.3 Å². The van der Waals surface area contributed by atoms with Crippen molar-refractivity contribution in [1.82, 2.24) is 4.98 Å². The Balaban J connectivity index is 0.000000647. The number of hydrogen-bond acceptors (Lipinski definition) is 6. The number of aromatic nitrogens is 1. The molecule has 0 atom stereocenters. The maximum atomic E-state index is 9.21. The topological polar surface area (TPSA) is 103 Å². The molecule has 2 aromatic rings. The number of pyridine rings is 1. The summed E-state index contributed by atoms with van der Waals surface area (Å²) in [5, 5.41) is 10.1. The van der Waals surface area contributed by atoms with Crippen LogP contribution in [-0.4, -0.2) is 29.0 Å². The van der Waals surface area contributed by atoms with Gasteiger partial charge in [0.05, 0.1) is 17.0 Å². The van der Waals surface area contributed by atoms with Crippen LogP contribution in [0.25, 0.3) is 10.9 Å². The Morgan fingerprint density at radius 2 is 1.96 bits per heavy atom. The molecule has 0 amide bonds. The maximum absolute atomic E-state index is 9.21. The third-order valence-electron chi connectivity index (χ3n) is 4.30. The van der Waals surface area contributed by atoms with Crippen LogP contribution < -0.4 is 10.5 Å². The number of aliphatic hydroxyl groups excluding tert-OH is 1. The fourth-order valence-electron chi connectivity index (χ4n) is 3.13. The largest absolute Gasteiger partial charge is 0.490 e. The first-order valence-electron chi connectivity index (χ1n) is 8.01. The van der Waals surface area contributed by atoms with E-state index < -0.39 is 0 Å². The third kappa shape index (κ3) is 4.31. The van der Waals surface area contributed by atoms with E-state index in [9.17, 15) is 5.11 Å². The van der Waals surface area contributed by atoms with Crippen LogP contribution in [0.3, 0.4) is 0 Å². The summed E-state index contributed by atoms with van der Waals surface area (Å²) in [5.41, 5.74) is 8.67. The Labute approximate surface area is 140 Å². The lowest BCUT2D eigenvalue weighted by molar-refractivity contribution is -0.191. The molecule has 1 heterocycles. The highest BCUT2D eigenvalue weighted by Crippen LogP contribution is 2.33. The fraction of sp³-hybridized carbons (Fsp3) is 0.444. The second-order valence-corrected chi connectivity index (χ2v) is 6.03. The van der Waals surface area contributed by atoms with Crippen molar-refractivity contribution in [1.29, 1.82) is 0 Å². The molecule has 6 nitrogen and oxygen atoms in total. The van der Waals surface area contributed by atoms with Gasteiger partial charge in [0.2, 0.25) is 0 Å². The number of hydrogen-bond donors (Lipinski definition) is 2. The van der Waals surface area contributed by atoms with Crippen LogP contribution in [0.2, 0.25) is 0 Å². The molecule has 128 valence electrons. The Morgan fingerprint density at radius 1 is 1.29 bits per heavy atom. The second-order valence-electron chi connectivity index (χ2n) is 6.03. The highest BCUT2D eigenvalue weighted by Gasteiger charge is 2.22. The van der Waals surface area contributed by atoms with Gasteiger partial charge in [-0.1, -0.05) is 6.07 Å². The smallest absolute Gasteiger partial charge is 0.373 e. The van der Waals surface area contributed by atoms with E-state index in [1.54, 1.807) is 0 Å². The minimum Gasteiger partial charge on any atom is -0.490 e. The zero-order chi connectivity index (χ0) is 17.5. The molecule has 6 heteroatoms. The van der Waals surface area contributed by atoms with E-state index in [1.807, 2.05) is 31.2 Å². The summed E-state index contributed by atoms with van der Waals surface area (Å²) in [4.78, 5) is 20.8. The third-order valence-corrected chi connectivity index (χ3v) is 4.30. The van der Waals surface area contributed by atoms with Crippen molar-refractivity contribution >= 4 is 22.7 Å². The van der Waals surface area contributed by atoms with Gasteiger partial charge in [-0.2, -0.15) is 9.59 Å². The van der Waals surface area contributed by atoms with E-state index in [2.05, 4.69) is 4.98 Å². The molecular formula is C18H22N2O4. The lowest BCUT2D eigenvalue weighted by Gasteiger charge is -2.28. The first-order chi connectivity index (χ1) is 11.6. The number of rotatable bonds is 3. The highest BCUT2D eigenvalue weighted by atomic mass is 16.5. The highest BCUT2D eigenvalue weighted by molar-refractivity contribution is 5.95. The van der Waals surface area contributed by atoms with E-state index in [0.717, 1.165) is 53.7 Å². The molecule has 0 aliphatic heterocycles. The van der Waals surface area contributed by atoms with Gasteiger partial charge in [-0.3, -0.25) is 4.98 Å². The van der Waals surface area contributed by atoms with Gasteiger partial charge in [-0.15, -0.1) is 0 Å². The second kappa shape index (κ2) is 8.43. The molecule has 1 aliphatic carbocycles. The number of aliphatic hydroxyl groups is 1. The lowest BCUT2D eigenvalue weighted by atomic mass is 9.88. The number of aryl methyl sites for hydroxylation is 1. The Bertz CT molecular complexity index is 718. The number of anilines is 1. The molecule has 1 saturated carbocycles. The minimum absolute atomic E-state index is 0.208. The first kappa shape index (κ1) is 17.9. The molecule has 0 spiro atoms. The standard InChI is InChI=1S/C17H22N2O2.CO2/c1-11-9-14(18)17-15(19-11)3-2-4-16(17)21-13-7-5-12(10-20)6-8-13;2-1-3/h2-4,9,12-13,20H,5-8,10H2,1H3,(H2,18,19);. The van der Waals surface area contributed by atoms with Crippen LogP contribution in [-0.2, 0) is 9.59 Å². The summed E-state index contributed by atoms with van der Waals surface area (Å²) in [6, 6.07) is 7.78. The normalized spacial score (nSPS) is 19.9. The lowest BCUT2D eigenvalue weighted by Crippen LogP contribution is -2.25. The molecule has 0 unspecified atom stereocenters. The van der Waals surface area contributed by atoms with Gasteiger partial charge in [0, 0.05) is 18.0 Å². The van der Waals surface area contributed by atoms with Crippen LogP contribution in [0, 0.1) is 12.8 Å². The number of nitrogens with two attached hydrogens (primary N) is 1. The molecule has 0 radical (unpaired) electrons. The van der Waals surface area contributed by atoms with Crippen molar-refractivity contribution in [2.45, 2.75) is 38.7 Å². The van der Waals surface area contributed by atoms with Crippen molar-refractivity contribution < 1.29 is 19.4 Å². The predicted molar refractivity (Wildman–Crippen MR) is 89.4 cm³/mol. The Hall–Kier alpha value is -2.43. The molecule has 24 heavy (non-hydrogen) atoms. The van der Waals surface area contributed by atoms with E-state index in [-0.39, 0.29) is 18.9 Å². The van der Waals surface area contributed by atoms with Gasteiger partial charge in [0.25, 0.3) is 0 Å². The number of ether oxygens (including phenoxy) is 1. The van der Waals surface area contributed by atoms with E-state index >= 15 is 0 Å². The van der Waals surface area contributed by atoms with Crippen molar-refractivity contribution in [3.8, 4) is 5.75 Å².